The summed E-state index contributed by atoms with van der Waals surface area (Å²) in [7, 11) is -2.96. The summed E-state index contributed by atoms with van der Waals surface area (Å²) >= 11 is 0. The van der Waals surface area contributed by atoms with Gasteiger partial charge in [0.2, 0.25) is 0 Å². The lowest BCUT2D eigenvalue weighted by Crippen LogP contribution is -2.30. The summed E-state index contributed by atoms with van der Waals surface area (Å²) in [6.07, 6.45) is 2.05. The van der Waals surface area contributed by atoms with Gasteiger partial charge in [-0.05, 0) is 35.9 Å². The predicted octanol–water partition coefficient (Wildman–Crippen LogP) is 2.38. The summed E-state index contributed by atoms with van der Waals surface area (Å²) in [5.41, 5.74) is 2.16. The molecular weight excluding hydrogens is 370 g/mol. The molecule has 138 valence electrons. The van der Waals surface area contributed by atoms with Crippen LogP contribution in [0.3, 0.4) is 0 Å². The lowest BCUT2D eigenvalue weighted by molar-refractivity contribution is -0.131. The van der Waals surface area contributed by atoms with Crippen LogP contribution in [-0.4, -0.2) is 26.6 Å². The van der Waals surface area contributed by atoms with Crippen molar-refractivity contribution in [2.24, 2.45) is 0 Å². The van der Waals surface area contributed by atoms with Gasteiger partial charge in [-0.2, -0.15) is 0 Å². The Morgan fingerprint density at radius 3 is 2.54 bits per heavy atom. The van der Waals surface area contributed by atoms with Gasteiger partial charge in [-0.3, -0.25) is 0 Å². The van der Waals surface area contributed by atoms with E-state index in [4.69, 9.17) is 9.84 Å². The number of hydrogen-bond acceptors (Lipinski definition) is 5. The molecule has 2 aromatic rings. The van der Waals surface area contributed by atoms with Gasteiger partial charge in [-0.25, -0.2) is 22.0 Å². The zero-order chi connectivity index (χ0) is 19.3. The number of nitrogens with one attached hydrogen (secondary N) is 2. The fourth-order valence-corrected chi connectivity index (χ4v) is 3.00. The predicted molar refractivity (Wildman–Crippen MR) is 90.0 cm³/mol. The number of benzene rings is 2. The number of rotatable bonds is 7. The smallest absolute Gasteiger partial charge is 0.328 e. The molecule has 26 heavy (non-hydrogen) atoms. The number of aliphatic carboxylic acids is 1. The van der Waals surface area contributed by atoms with Crippen LogP contribution in [0.15, 0.2) is 47.4 Å². The van der Waals surface area contributed by atoms with Crippen molar-refractivity contribution in [3.8, 4) is 5.75 Å². The second kappa shape index (κ2) is 7.93. The van der Waals surface area contributed by atoms with E-state index in [2.05, 4.69) is 5.43 Å². The SMILES string of the molecule is COc1ccc(/C=C/C(=O)O)cc1S(=O)(=O)NNc1ccc(F)cc1F. The van der Waals surface area contributed by atoms with E-state index in [-0.39, 0.29) is 16.3 Å². The molecule has 0 aliphatic rings. The number of carbonyl (C=O) groups is 1. The molecule has 7 nitrogen and oxygen atoms in total. The maximum atomic E-state index is 13.6. The Morgan fingerprint density at radius 1 is 1.19 bits per heavy atom. The summed E-state index contributed by atoms with van der Waals surface area (Å²) in [4.78, 5) is 12.2. The molecule has 0 atom stereocenters. The summed E-state index contributed by atoms with van der Waals surface area (Å²) in [6, 6.07) is 6.56. The fraction of sp³-hybridized carbons (Fsp3) is 0.0625. The molecule has 0 saturated carbocycles. The highest BCUT2D eigenvalue weighted by Crippen LogP contribution is 2.25. The normalized spacial score (nSPS) is 11.5. The Labute approximate surface area is 147 Å². The Morgan fingerprint density at radius 2 is 1.92 bits per heavy atom. The van der Waals surface area contributed by atoms with Gasteiger partial charge >= 0.3 is 5.97 Å². The van der Waals surface area contributed by atoms with E-state index in [1.165, 1.54) is 31.4 Å². The number of hydrogen-bond donors (Lipinski definition) is 3. The molecule has 0 radical (unpaired) electrons. The van der Waals surface area contributed by atoms with Crippen molar-refractivity contribution in [3.05, 3.63) is 59.7 Å². The van der Waals surface area contributed by atoms with Gasteiger partial charge in [0.15, 0.2) is 5.82 Å². The van der Waals surface area contributed by atoms with Crippen LogP contribution in [0.25, 0.3) is 6.08 Å². The van der Waals surface area contributed by atoms with Gasteiger partial charge in [0.05, 0.1) is 12.8 Å². The van der Waals surface area contributed by atoms with Crippen LogP contribution in [-0.2, 0) is 14.8 Å². The first-order valence-corrected chi connectivity index (χ1v) is 8.53. The molecule has 0 heterocycles. The van der Waals surface area contributed by atoms with E-state index in [9.17, 15) is 22.0 Å². The number of hydrazine groups is 1. The molecule has 0 unspecified atom stereocenters. The third-order valence-corrected chi connectivity index (χ3v) is 4.42. The lowest BCUT2D eigenvalue weighted by atomic mass is 10.2. The molecule has 0 fully saturated rings. The Kier molecular flexibility index (Phi) is 5.90. The first-order chi connectivity index (χ1) is 12.2. The highest BCUT2D eigenvalue weighted by Gasteiger charge is 2.20. The number of sulfonamides is 1. The molecule has 0 bridgehead atoms. The quantitative estimate of drug-likeness (QED) is 0.500. The van der Waals surface area contributed by atoms with Crippen molar-refractivity contribution in [2.75, 3.05) is 12.5 Å². The first-order valence-electron chi connectivity index (χ1n) is 7.05. The van der Waals surface area contributed by atoms with Crippen molar-refractivity contribution in [2.45, 2.75) is 4.90 Å². The van der Waals surface area contributed by atoms with E-state index in [0.717, 1.165) is 18.2 Å². The van der Waals surface area contributed by atoms with Crippen molar-refractivity contribution >= 4 is 27.8 Å². The number of methoxy groups -OCH3 is 1. The molecule has 0 aromatic heterocycles. The second-order valence-electron chi connectivity index (χ2n) is 4.94. The molecule has 0 amide bonds. The number of carboxylic acid groups (broad SMARTS) is 1. The summed E-state index contributed by atoms with van der Waals surface area (Å²) < 4.78 is 56.4. The van der Waals surface area contributed by atoms with Crippen LogP contribution in [0.1, 0.15) is 5.56 Å². The monoisotopic (exact) mass is 384 g/mol. The number of ether oxygens (including phenoxy) is 1. The number of anilines is 1. The zero-order valence-electron chi connectivity index (χ0n) is 13.4. The third-order valence-electron chi connectivity index (χ3n) is 3.15. The van der Waals surface area contributed by atoms with E-state index in [1.807, 2.05) is 4.83 Å². The van der Waals surface area contributed by atoms with E-state index >= 15 is 0 Å². The molecule has 0 saturated heterocycles. The van der Waals surface area contributed by atoms with Gasteiger partial charge in [0.25, 0.3) is 10.0 Å². The Bertz CT molecular complexity index is 961. The zero-order valence-corrected chi connectivity index (χ0v) is 14.2. The van der Waals surface area contributed by atoms with Gasteiger partial charge in [-0.1, -0.05) is 6.07 Å². The lowest BCUT2D eigenvalue weighted by Gasteiger charge is -2.13. The third kappa shape index (κ3) is 4.77. The highest BCUT2D eigenvalue weighted by atomic mass is 32.2. The van der Waals surface area contributed by atoms with Crippen LogP contribution < -0.4 is 15.0 Å². The molecule has 3 N–H and O–H groups in total. The maximum absolute atomic E-state index is 13.6. The standard InChI is InChI=1S/C16H14F2N2O5S/c1-25-14-6-2-10(3-7-16(21)22)8-15(14)26(23,24)20-19-13-5-4-11(17)9-12(13)18/h2-9,19-20H,1H3,(H,21,22)/b7-3+. The van der Waals surface area contributed by atoms with Crippen molar-refractivity contribution < 1.29 is 31.8 Å². The van der Waals surface area contributed by atoms with Crippen LogP contribution in [0.4, 0.5) is 14.5 Å². The fourth-order valence-electron chi connectivity index (χ4n) is 1.94. The molecular formula is C16H14F2N2O5S. The molecule has 10 heteroatoms. The summed E-state index contributed by atoms with van der Waals surface area (Å²) in [6.45, 7) is 0. The van der Waals surface area contributed by atoms with Crippen LogP contribution in [0, 0.1) is 11.6 Å². The maximum Gasteiger partial charge on any atom is 0.328 e. The van der Waals surface area contributed by atoms with Crippen LogP contribution in [0.5, 0.6) is 5.75 Å². The van der Waals surface area contributed by atoms with Crippen molar-refractivity contribution in [1.29, 1.82) is 0 Å². The Hall–Kier alpha value is -2.98. The molecule has 0 spiro atoms. The van der Waals surface area contributed by atoms with Gasteiger partial charge < -0.3 is 15.3 Å². The van der Waals surface area contributed by atoms with Crippen molar-refractivity contribution in [3.63, 3.8) is 0 Å². The number of halogens is 2. The van der Waals surface area contributed by atoms with Crippen molar-refractivity contribution in [1.82, 2.24) is 4.83 Å². The molecule has 0 aliphatic carbocycles. The summed E-state index contributed by atoms with van der Waals surface area (Å²) in [5.74, 6) is -3.00. The van der Waals surface area contributed by atoms with Crippen LogP contribution in [0.2, 0.25) is 0 Å². The number of carboxylic acids is 1. The molecule has 2 aromatic carbocycles. The minimum absolute atomic E-state index is 0.00801. The van der Waals surface area contributed by atoms with E-state index < -0.39 is 27.6 Å². The second-order valence-corrected chi connectivity index (χ2v) is 6.59. The van der Waals surface area contributed by atoms with Crippen LogP contribution >= 0.6 is 0 Å². The van der Waals surface area contributed by atoms with Gasteiger partial charge in [0.1, 0.15) is 16.5 Å². The summed E-state index contributed by atoms with van der Waals surface area (Å²) in [5, 5.41) is 8.65. The van der Waals surface area contributed by atoms with E-state index in [1.54, 1.807) is 0 Å². The minimum atomic E-state index is -4.22. The topological polar surface area (TPSA) is 105 Å². The molecule has 2 rings (SSSR count). The average Bonchev–Trinajstić information content (AvgIpc) is 2.59. The Balaban J connectivity index is 2.31. The minimum Gasteiger partial charge on any atom is -0.495 e. The van der Waals surface area contributed by atoms with Gasteiger partial charge in [-0.15, -0.1) is 4.83 Å². The molecule has 0 aliphatic heterocycles. The van der Waals surface area contributed by atoms with E-state index in [0.29, 0.717) is 11.6 Å². The largest absolute Gasteiger partial charge is 0.495 e. The average molecular weight is 384 g/mol. The highest BCUT2D eigenvalue weighted by molar-refractivity contribution is 7.89. The van der Waals surface area contributed by atoms with Gasteiger partial charge in [0, 0.05) is 12.1 Å². The first kappa shape index (κ1) is 19.3.